The van der Waals surface area contributed by atoms with Crippen LogP contribution in [0.1, 0.15) is 37.8 Å². The molecular weight excluding hydrogens is 379 g/mol. The molecule has 0 aromatic heterocycles. The van der Waals surface area contributed by atoms with Crippen LogP contribution in [0.25, 0.3) is 0 Å². The summed E-state index contributed by atoms with van der Waals surface area (Å²) in [5.41, 5.74) is 1.18. The predicted octanol–water partition coefficient (Wildman–Crippen LogP) is 2.16. The van der Waals surface area contributed by atoms with E-state index >= 15 is 0 Å². The van der Waals surface area contributed by atoms with Gasteiger partial charge in [0.1, 0.15) is 5.82 Å². The lowest BCUT2D eigenvalue weighted by atomic mass is 10.0. The Balaban J connectivity index is 1.98. The third-order valence-electron chi connectivity index (χ3n) is 4.80. The Kier molecular flexibility index (Phi) is 8.69. The van der Waals surface area contributed by atoms with Crippen LogP contribution in [0.4, 0.5) is 4.39 Å². The van der Waals surface area contributed by atoms with Crippen molar-refractivity contribution in [2.24, 2.45) is 10.9 Å². The molecule has 0 bridgehead atoms. The molecule has 1 aliphatic rings. The van der Waals surface area contributed by atoms with Gasteiger partial charge in [0.2, 0.25) is 0 Å². The van der Waals surface area contributed by atoms with Crippen LogP contribution in [-0.2, 0) is 22.1 Å². The molecule has 2 N–H and O–H groups in total. The molecule has 2 rings (SSSR count). The van der Waals surface area contributed by atoms with Crippen molar-refractivity contribution >= 4 is 15.8 Å². The fourth-order valence-electron chi connectivity index (χ4n) is 3.49. The number of sulfone groups is 1. The van der Waals surface area contributed by atoms with Crippen LogP contribution in [-0.4, -0.2) is 58.3 Å². The summed E-state index contributed by atoms with van der Waals surface area (Å²) in [5.74, 6) is 0.897. The minimum absolute atomic E-state index is 0.116. The largest absolute Gasteiger partial charge is 0.357 e. The van der Waals surface area contributed by atoms with E-state index in [9.17, 15) is 12.8 Å². The maximum Gasteiger partial charge on any atom is 0.191 e. The second-order valence-corrected chi connectivity index (χ2v) is 9.79. The van der Waals surface area contributed by atoms with Crippen LogP contribution in [0.3, 0.4) is 0 Å². The highest BCUT2D eigenvalue weighted by Gasteiger charge is 2.15. The molecule has 1 atom stereocenters. The molecule has 1 aliphatic heterocycles. The first-order valence-corrected chi connectivity index (χ1v) is 12.0. The third kappa shape index (κ3) is 8.14. The van der Waals surface area contributed by atoms with Gasteiger partial charge >= 0.3 is 0 Å². The molecule has 28 heavy (non-hydrogen) atoms. The van der Waals surface area contributed by atoms with Crippen LogP contribution in [0, 0.1) is 11.7 Å². The first-order chi connectivity index (χ1) is 13.3. The minimum Gasteiger partial charge on any atom is -0.357 e. The van der Waals surface area contributed by atoms with E-state index in [-0.39, 0.29) is 18.1 Å². The highest BCUT2D eigenvalue weighted by atomic mass is 32.2. The zero-order chi connectivity index (χ0) is 20.6. The van der Waals surface area contributed by atoms with Crippen molar-refractivity contribution in [1.29, 1.82) is 0 Å². The molecule has 0 saturated carbocycles. The van der Waals surface area contributed by atoms with Gasteiger partial charge in [-0.15, -0.1) is 0 Å². The smallest absolute Gasteiger partial charge is 0.191 e. The zero-order valence-electron chi connectivity index (χ0n) is 17.2. The summed E-state index contributed by atoms with van der Waals surface area (Å²) in [5, 5.41) is 6.51. The number of hydrogen-bond donors (Lipinski definition) is 2. The first kappa shape index (κ1) is 22.6. The molecule has 1 saturated heterocycles. The van der Waals surface area contributed by atoms with Crippen LogP contribution in [0.5, 0.6) is 0 Å². The lowest BCUT2D eigenvalue weighted by molar-refractivity contribution is 0.187. The van der Waals surface area contributed by atoms with E-state index in [1.54, 1.807) is 0 Å². The molecule has 6 nitrogen and oxygen atoms in total. The summed E-state index contributed by atoms with van der Waals surface area (Å²) in [6.45, 7) is 9.21. The van der Waals surface area contributed by atoms with Crippen molar-refractivity contribution in [3.8, 4) is 0 Å². The van der Waals surface area contributed by atoms with Crippen LogP contribution in [0.2, 0.25) is 0 Å². The van der Waals surface area contributed by atoms with Gasteiger partial charge in [-0.2, -0.15) is 0 Å². The zero-order valence-corrected chi connectivity index (χ0v) is 18.0. The Morgan fingerprint density at radius 2 is 2.11 bits per heavy atom. The Hall–Kier alpha value is -1.67. The van der Waals surface area contributed by atoms with E-state index in [0.717, 1.165) is 32.1 Å². The maximum atomic E-state index is 13.7. The molecule has 1 fully saturated rings. The third-order valence-corrected chi connectivity index (χ3v) is 5.63. The van der Waals surface area contributed by atoms with E-state index in [0.29, 0.717) is 23.6 Å². The summed E-state index contributed by atoms with van der Waals surface area (Å²) in [7, 11) is -3.20. The van der Waals surface area contributed by atoms with Crippen molar-refractivity contribution in [3.05, 3.63) is 35.1 Å². The first-order valence-electron chi connectivity index (χ1n) is 9.96. The Bertz CT molecular complexity index is 767. The molecular formula is C20H33FN4O2S. The van der Waals surface area contributed by atoms with Gasteiger partial charge in [-0.1, -0.05) is 13.0 Å². The van der Waals surface area contributed by atoms with Crippen LogP contribution >= 0.6 is 0 Å². The maximum absolute atomic E-state index is 13.7. The molecule has 8 heteroatoms. The number of halogens is 1. The highest BCUT2D eigenvalue weighted by Crippen LogP contribution is 2.16. The Labute approximate surface area is 168 Å². The van der Waals surface area contributed by atoms with Gasteiger partial charge in [0.15, 0.2) is 15.8 Å². The number of guanidine groups is 1. The number of nitrogens with one attached hydrogen (secondary N) is 2. The molecule has 0 amide bonds. The number of benzene rings is 1. The highest BCUT2D eigenvalue weighted by molar-refractivity contribution is 7.89. The monoisotopic (exact) mass is 412 g/mol. The quantitative estimate of drug-likeness (QED) is 0.506. The number of hydrogen-bond acceptors (Lipinski definition) is 4. The second kappa shape index (κ2) is 10.8. The number of nitrogens with zero attached hydrogens (tertiary/aromatic N) is 2. The normalized spacial score (nSPS) is 18.9. The second-order valence-electron chi connectivity index (χ2n) is 7.65. The fraction of sp³-hybridized carbons (Fsp3) is 0.650. The van der Waals surface area contributed by atoms with Gasteiger partial charge < -0.3 is 15.5 Å². The van der Waals surface area contributed by atoms with Crippen molar-refractivity contribution in [2.45, 2.75) is 39.0 Å². The SMILES string of the molecule is CCNC(=NCc1cc(F)ccc1CS(C)(=O)=O)NCCN1CCCC(C)C1. The average Bonchev–Trinajstić information content (AvgIpc) is 2.60. The summed E-state index contributed by atoms with van der Waals surface area (Å²) in [6, 6.07) is 4.18. The lowest BCUT2D eigenvalue weighted by Gasteiger charge is -2.30. The number of piperidine rings is 1. The van der Waals surface area contributed by atoms with Crippen molar-refractivity contribution in [3.63, 3.8) is 0 Å². The van der Waals surface area contributed by atoms with Gasteiger partial charge in [-0.3, -0.25) is 0 Å². The predicted molar refractivity (Wildman–Crippen MR) is 113 cm³/mol. The van der Waals surface area contributed by atoms with Gasteiger partial charge in [-0.05, 0) is 55.5 Å². The molecule has 0 aliphatic carbocycles. The molecule has 0 spiro atoms. The van der Waals surface area contributed by atoms with E-state index in [2.05, 4.69) is 27.4 Å². The van der Waals surface area contributed by atoms with E-state index in [1.165, 1.54) is 37.3 Å². The van der Waals surface area contributed by atoms with Gasteiger partial charge in [0.05, 0.1) is 12.3 Å². The Morgan fingerprint density at radius 3 is 2.79 bits per heavy atom. The number of aliphatic imine (C=N–C) groups is 1. The summed E-state index contributed by atoms with van der Waals surface area (Å²) < 4.78 is 36.9. The standard InChI is InChI=1S/C20H33FN4O2S/c1-4-22-20(23-9-11-25-10-5-6-16(2)14-25)24-13-18-12-19(21)8-7-17(18)15-28(3,26)27/h7-8,12,16H,4-6,9-11,13-15H2,1-3H3,(H2,22,23,24). The molecule has 1 unspecified atom stereocenters. The minimum atomic E-state index is -3.20. The summed E-state index contributed by atoms with van der Waals surface area (Å²) in [6.07, 6.45) is 3.73. The molecule has 1 heterocycles. The van der Waals surface area contributed by atoms with Crippen molar-refractivity contribution in [2.75, 3.05) is 39.0 Å². The van der Waals surface area contributed by atoms with Crippen molar-refractivity contribution in [1.82, 2.24) is 15.5 Å². The van der Waals surface area contributed by atoms with Gasteiger partial charge in [0.25, 0.3) is 0 Å². The van der Waals surface area contributed by atoms with E-state index in [4.69, 9.17) is 0 Å². The topological polar surface area (TPSA) is 73.8 Å². The van der Waals surface area contributed by atoms with E-state index < -0.39 is 9.84 Å². The lowest BCUT2D eigenvalue weighted by Crippen LogP contribution is -2.43. The molecule has 1 aromatic rings. The van der Waals surface area contributed by atoms with E-state index in [1.807, 2.05) is 6.92 Å². The molecule has 0 radical (unpaired) electrons. The van der Waals surface area contributed by atoms with Crippen LogP contribution in [0.15, 0.2) is 23.2 Å². The van der Waals surface area contributed by atoms with Crippen molar-refractivity contribution < 1.29 is 12.8 Å². The fourth-order valence-corrected chi connectivity index (χ4v) is 4.34. The summed E-state index contributed by atoms with van der Waals surface area (Å²) >= 11 is 0. The number of rotatable bonds is 8. The number of likely N-dealkylation sites (tertiary alicyclic amines) is 1. The summed E-state index contributed by atoms with van der Waals surface area (Å²) in [4.78, 5) is 6.99. The van der Waals surface area contributed by atoms with Gasteiger partial charge in [-0.25, -0.2) is 17.8 Å². The van der Waals surface area contributed by atoms with Gasteiger partial charge in [0, 0.05) is 32.4 Å². The Morgan fingerprint density at radius 1 is 1.32 bits per heavy atom. The molecule has 1 aromatic carbocycles. The average molecular weight is 413 g/mol. The molecule has 158 valence electrons. The van der Waals surface area contributed by atoms with Crippen LogP contribution < -0.4 is 10.6 Å².